The highest BCUT2D eigenvalue weighted by Gasteiger charge is 2.44. The van der Waals surface area contributed by atoms with Crippen LogP contribution in [0, 0.1) is 5.92 Å². The maximum atomic E-state index is 13.3. The van der Waals surface area contributed by atoms with Crippen molar-refractivity contribution in [1.29, 1.82) is 0 Å². The lowest BCUT2D eigenvalue weighted by Crippen LogP contribution is -2.37. The smallest absolute Gasteiger partial charge is 0.315 e. The number of rotatable bonds is 3. The molecule has 3 atom stereocenters. The van der Waals surface area contributed by atoms with Gasteiger partial charge in [-0.25, -0.2) is 0 Å². The third-order valence-corrected chi connectivity index (χ3v) is 5.87. The number of allylic oxidation sites excluding steroid dienone is 2. The fraction of sp³-hybridized carbons (Fsp3) is 0.292. The van der Waals surface area contributed by atoms with Crippen LogP contribution < -0.4 is 0 Å². The third kappa shape index (κ3) is 3.48. The van der Waals surface area contributed by atoms with E-state index in [4.69, 9.17) is 9.73 Å². The number of aliphatic imine (C=N–C) groups is 1. The molecular weight excluding hydrogens is 366 g/mol. The van der Waals surface area contributed by atoms with Crippen molar-refractivity contribution in [3.8, 4) is 5.75 Å². The molecular formula is C24H23NO4. The summed E-state index contributed by atoms with van der Waals surface area (Å²) in [4.78, 5) is 30.6. The lowest BCUT2D eigenvalue weighted by molar-refractivity contribution is -0.143. The fourth-order valence-corrected chi connectivity index (χ4v) is 4.49. The fourth-order valence-electron chi connectivity index (χ4n) is 4.49. The van der Waals surface area contributed by atoms with Crippen molar-refractivity contribution in [2.75, 3.05) is 7.11 Å². The standard InChI is InChI=1S/C24H23NO4/c1-14-21(24(28)29-2)22(16-8-10-18(26)11-9-16)23-19(25-14)12-17(13-20(23)27)15-6-4-3-5-7-15/h3-11,17,21-22,26H,12-13H2,1-2H3/t17-,21?,22-/m1/s1. The Labute approximate surface area is 169 Å². The van der Waals surface area contributed by atoms with E-state index >= 15 is 0 Å². The lowest BCUT2D eigenvalue weighted by atomic mass is 9.69. The van der Waals surface area contributed by atoms with Gasteiger partial charge in [0.05, 0.1) is 7.11 Å². The molecule has 0 aromatic heterocycles. The minimum absolute atomic E-state index is 0.0170. The molecule has 0 amide bonds. The Balaban J connectivity index is 1.81. The first-order valence-electron chi connectivity index (χ1n) is 9.72. The number of esters is 1. The van der Waals surface area contributed by atoms with E-state index in [1.807, 2.05) is 37.3 Å². The highest BCUT2D eigenvalue weighted by Crippen LogP contribution is 2.46. The number of benzene rings is 2. The minimum atomic E-state index is -0.652. The second-order valence-electron chi connectivity index (χ2n) is 7.62. The molecule has 0 radical (unpaired) electrons. The maximum absolute atomic E-state index is 13.3. The summed E-state index contributed by atoms with van der Waals surface area (Å²) in [6.45, 7) is 1.81. The molecule has 0 bridgehead atoms. The van der Waals surface area contributed by atoms with Gasteiger partial charge < -0.3 is 9.84 Å². The zero-order chi connectivity index (χ0) is 20.5. The molecule has 148 valence electrons. The van der Waals surface area contributed by atoms with Crippen LogP contribution in [-0.2, 0) is 14.3 Å². The molecule has 1 aliphatic carbocycles. The van der Waals surface area contributed by atoms with Crippen LogP contribution >= 0.6 is 0 Å². The van der Waals surface area contributed by atoms with Gasteiger partial charge in [0.2, 0.25) is 0 Å². The second-order valence-corrected chi connectivity index (χ2v) is 7.62. The Bertz CT molecular complexity index is 1000. The van der Waals surface area contributed by atoms with E-state index in [9.17, 15) is 14.7 Å². The van der Waals surface area contributed by atoms with Crippen LogP contribution in [0.3, 0.4) is 0 Å². The maximum Gasteiger partial charge on any atom is 0.315 e. The number of aromatic hydroxyl groups is 1. The number of carbonyl (C=O) groups excluding carboxylic acids is 2. The molecule has 29 heavy (non-hydrogen) atoms. The van der Waals surface area contributed by atoms with Crippen LogP contribution in [0.1, 0.15) is 42.7 Å². The molecule has 0 saturated heterocycles. The van der Waals surface area contributed by atoms with E-state index in [1.165, 1.54) is 7.11 Å². The molecule has 5 heteroatoms. The van der Waals surface area contributed by atoms with Crippen LogP contribution in [0.2, 0.25) is 0 Å². The van der Waals surface area contributed by atoms with Gasteiger partial charge in [0.1, 0.15) is 11.7 Å². The number of hydrogen-bond donors (Lipinski definition) is 1. The molecule has 0 saturated carbocycles. The Morgan fingerprint density at radius 2 is 1.72 bits per heavy atom. The van der Waals surface area contributed by atoms with E-state index in [2.05, 4.69) is 0 Å². The number of phenols is 1. The van der Waals surface area contributed by atoms with Gasteiger partial charge in [-0.2, -0.15) is 0 Å². The SMILES string of the molecule is COC(=O)C1C(C)=NC2=C(C(=O)C[C@H](c3ccccc3)C2)[C@@H]1c1ccc(O)cc1. The van der Waals surface area contributed by atoms with Crippen molar-refractivity contribution in [3.05, 3.63) is 77.0 Å². The van der Waals surface area contributed by atoms with Crippen molar-refractivity contribution in [2.45, 2.75) is 31.6 Å². The average Bonchev–Trinajstić information content (AvgIpc) is 2.73. The molecule has 2 aliphatic rings. The molecule has 4 rings (SSSR count). The summed E-state index contributed by atoms with van der Waals surface area (Å²) in [6.07, 6.45) is 1.05. The quantitative estimate of drug-likeness (QED) is 0.801. The first kappa shape index (κ1) is 19.1. The summed E-state index contributed by atoms with van der Waals surface area (Å²) in [5, 5.41) is 9.68. The van der Waals surface area contributed by atoms with Gasteiger partial charge in [-0.3, -0.25) is 14.6 Å². The van der Waals surface area contributed by atoms with E-state index in [1.54, 1.807) is 24.3 Å². The van der Waals surface area contributed by atoms with Crippen molar-refractivity contribution >= 4 is 17.5 Å². The van der Waals surface area contributed by atoms with Crippen molar-refractivity contribution < 1.29 is 19.4 Å². The topological polar surface area (TPSA) is 76.0 Å². The first-order chi connectivity index (χ1) is 14.0. The Morgan fingerprint density at radius 3 is 2.38 bits per heavy atom. The van der Waals surface area contributed by atoms with Gasteiger partial charge in [0, 0.05) is 29.3 Å². The summed E-state index contributed by atoms with van der Waals surface area (Å²) < 4.78 is 5.04. The molecule has 1 aliphatic heterocycles. The number of methoxy groups -OCH3 is 1. The number of nitrogens with zero attached hydrogens (tertiary/aromatic N) is 1. The highest BCUT2D eigenvalue weighted by molar-refractivity contribution is 6.09. The number of ketones is 1. The number of Topliss-reactive ketones (excluding diaryl/α,β-unsaturated/α-hetero) is 1. The molecule has 5 nitrogen and oxygen atoms in total. The highest BCUT2D eigenvalue weighted by atomic mass is 16.5. The van der Waals surface area contributed by atoms with Gasteiger partial charge in [-0.05, 0) is 42.5 Å². The van der Waals surface area contributed by atoms with Gasteiger partial charge in [0.25, 0.3) is 0 Å². The molecule has 2 aromatic carbocycles. The van der Waals surface area contributed by atoms with E-state index in [-0.39, 0.29) is 17.5 Å². The molecule has 0 spiro atoms. The van der Waals surface area contributed by atoms with Crippen LogP contribution in [0.25, 0.3) is 0 Å². The van der Waals surface area contributed by atoms with Crippen LogP contribution in [0.15, 0.2) is 70.9 Å². The molecule has 0 fully saturated rings. The molecule has 1 N–H and O–H groups in total. The summed E-state index contributed by atoms with van der Waals surface area (Å²) in [5.41, 5.74) is 3.92. The monoisotopic (exact) mass is 389 g/mol. The molecule has 2 aromatic rings. The summed E-state index contributed by atoms with van der Waals surface area (Å²) in [7, 11) is 1.35. The van der Waals surface area contributed by atoms with Crippen LogP contribution in [-0.4, -0.2) is 29.7 Å². The second kappa shape index (κ2) is 7.66. The van der Waals surface area contributed by atoms with E-state index in [0.29, 0.717) is 24.1 Å². The molecule has 1 unspecified atom stereocenters. The van der Waals surface area contributed by atoms with Crippen LogP contribution in [0.4, 0.5) is 0 Å². The number of hydrogen-bond acceptors (Lipinski definition) is 5. The van der Waals surface area contributed by atoms with Crippen molar-refractivity contribution in [1.82, 2.24) is 0 Å². The largest absolute Gasteiger partial charge is 0.508 e. The summed E-state index contributed by atoms with van der Waals surface area (Å²) in [5.74, 6) is -1.29. The third-order valence-electron chi connectivity index (χ3n) is 5.87. The lowest BCUT2D eigenvalue weighted by Gasteiger charge is -2.36. The van der Waals surface area contributed by atoms with Gasteiger partial charge in [0.15, 0.2) is 5.78 Å². The number of ether oxygens (including phenoxy) is 1. The normalized spacial score (nSPS) is 24.0. The number of carbonyl (C=O) groups is 2. The Hall–Kier alpha value is -3.21. The van der Waals surface area contributed by atoms with Crippen LogP contribution in [0.5, 0.6) is 5.75 Å². The zero-order valence-electron chi connectivity index (χ0n) is 16.5. The van der Waals surface area contributed by atoms with Crippen molar-refractivity contribution in [2.24, 2.45) is 10.9 Å². The Morgan fingerprint density at radius 1 is 1.03 bits per heavy atom. The predicted molar refractivity (Wildman–Crippen MR) is 110 cm³/mol. The summed E-state index contributed by atoms with van der Waals surface area (Å²) in [6, 6.07) is 16.7. The minimum Gasteiger partial charge on any atom is -0.508 e. The Kier molecular flexibility index (Phi) is 5.05. The molecule has 1 heterocycles. The van der Waals surface area contributed by atoms with Gasteiger partial charge in [-0.15, -0.1) is 0 Å². The average molecular weight is 389 g/mol. The predicted octanol–water partition coefficient (Wildman–Crippen LogP) is 4.14. The zero-order valence-corrected chi connectivity index (χ0v) is 16.5. The number of phenolic OH excluding ortho intramolecular Hbond substituents is 1. The first-order valence-corrected chi connectivity index (χ1v) is 9.72. The summed E-state index contributed by atoms with van der Waals surface area (Å²) >= 11 is 0. The van der Waals surface area contributed by atoms with Crippen molar-refractivity contribution in [3.63, 3.8) is 0 Å². The van der Waals surface area contributed by atoms with Gasteiger partial charge in [-0.1, -0.05) is 42.5 Å². The van der Waals surface area contributed by atoms with E-state index < -0.39 is 17.8 Å². The van der Waals surface area contributed by atoms with E-state index in [0.717, 1.165) is 16.8 Å². The van der Waals surface area contributed by atoms with Gasteiger partial charge >= 0.3 is 5.97 Å².